The van der Waals surface area contributed by atoms with Crippen LogP contribution in [0.3, 0.4) is 0 Å². The van der Waals surface area contributed by atoms with Crippen LogP contribution in [0, 0.1) is 11.6 Å². The number of nitrogens with zero attached hydrogens (tertiary/aromatic N) is 4. The Morgan fingerprint density at radius 1 is 1.07 bits per heavy atom. The van der Waals surface area contributed by atoms with Crippen molar-refractivity contribution in [3.8, 4) is 5.82 Å². The Kier molecular flexibility index (Phi) is 8.59. The average Bonchev–Trinajstić information content (AvgIpc) is 2.94. The van der Waals surface area contributed by atoms with Gasteiger partial charge in [0.2, 0.25) is 0 Å². The molecule has 0 aliphatic heterocycles. The summed E-state index contributed by atoms with van der Waals surface area (Å²) in [5.74, 6) is -6.11. The quantitative estimate of drug-likeness (QED) is 0.247. The fourth-order valence-electron chi connectivity index (χ4n) is 4.32. The van der Waals surface area contributed by atoms with E-state index in [-0.39, 0.29) is 16.8 Å². The minimum atomic E-state index is -4.70. The number of aromatic nitrogens is 4. The summed E-state index contributed by atoms with van der Waals surface area (Å²) in [4.78, 5) is 58.2. The summed E-state index contributed by atoms with van der Waals surface area (Å²) >= 11 is 0. The first kappa shape index (κ1) is 30.8. The summed E-state index contributed by atoms with van der Waals surface area (Å²) in [6.07, 6.45) is -1.65. The number of aliphatic carboxylic acids is 1. The SMILES string of the molecule is CCC(Nc1cc(F)c(C(=O)NC(Cc2ccc(-n3c(=O)c4ccncc4n(C)c3=O)nc2)C(=O)O)c(F)c1)C(F)(F)F. The van der Waals surface area contributed by atoms with Crippen LogP contribution >= 0.6 is 0 Å². The molecule has 226 valence electrons. The molecule has 43 heavy (non-hydrogen) atoms. The van der Waals surface area contributed by atoms with Crippen molar-refractivity contribution in [3.63, 3.8) is 0 Å². The molecule has 0 saturated carbocycles. The van der Waals surface area contributed by atoms with Gasteiger partial charge in [-0.15, -0.1) is 0 Å². The maximum atomic E-state index is 14.6. The number of amides is 1. The van der Waals surface area contributed by atoms with Gasteiger partial charge in [-0.05, 0) is 36.2 Å². The minimum Gasteiger partial charge on any atom is -0.480 e. The molecule has 0 radical (unpaired) electrons. The predicted octanol–water partition coefficient (Wildman–Crippen LogP) is 2.94. The lowest BCUT2D eigenvalue weighted by Crippen LogP contribution is -2.43. The van der Waals surface area contributed by atoms with Gasteiger partial charge in [0.15, 0.2) is 0 Å². The number of fused-ring (bicyclic) bond motifs is 1. The predicted molar refractivity (Wildman–Crippen MR) is 143 cm³/mol. The zero-order valence-corrected chi connectivity index (χ0v) is 22.4. The van der Waals surface area contributed by atoms with Crippen molar-refractivity contribution in [2.45, 2.75) is 38.0 Å². The summed E-state index contributed by atoms with van der Waals surface area (Å²) in [6.45, 7) is 1.22. The minimum absolute atomic E-state index is 0.0716. The van der Waals surface area contributed by atoms with E-state index in [1.807, 2.05) is 10.6 Å². The number of hydrogen-bond donors (Lipinski definition) is 3. The Balaban J connectivity index is 1.54. The highest BCUT2D eigenvalue weighted by Gasteiger charge is 2.38. The Bertz CT molecular complexity index is 1800. The van der Waals surface area contributed by atoms with E-state index in [1.54, 1.807) is 0 Å². The summed E-state index contributed by atoms with van der Waals surface area (Å²) in [7, 11) is 1.44. The van der Waals surface area contributed by atoms with E-state index in [0.29, 0.717) is 17.6 Å². The first-order valence-electron chi connectivity index (χ1n) is 12.6. The Morgan fingerprint density at radius 3 is 2.30 bits per heavy atom. The van der Waals surface area contributed by atoms with Crippen LogP contribution in [0.2, 0.25) is 0 Å². The molecular formula is C27H23F5N6O5. The van der Waals surface area contributed by atoms with E-state index in [9.17, 15) is 46.2 Å². The van der Waals surface area contributed by atoms with Crippen molar-refractivity contribution in [2.24, 2.45) is 7.05 Å². The number of aryl methyl sites for hydroxylation is 1. The molecule has 0 bridgehead atoms. The number of pyridine rings is 2. The van der Waals surface area contributed by atoms with Crippen LogP contribution in [0.4, 0.5) is 27.6 Å². The molecule has 2 unspecified atom stereocenters. The topological polar surface area (TPSA) is 148 Å². The first-order valence-corrected chi connectivity index (χ1v) is 12.6. The highest BCUT2D eigenvalue weighted by Crippen LogP contribution is 2.27. The van der Waals surface area contributed by atoms with Gasteiger partial charge in [-0.3, -0.25) is 19.1 Å². The van der Waals surface area contributed by atoms with Gasteiger partial charge in [-0.2, -0.15) is 13.2 Å². The molecule has 0 aliphatic carbocycles. The lowest BCUT2D eigenvalue weighted by molar-refractivity contribution is -0.143. The van der Waals surface area contributed by atoms with Gasteiger partial charge in [-0.1, -0.05) is 13.0 Å². The third-order valence-corrected chi connectivity index (χ3v) is 6.57. The van der Waals surface area contributed by atoms with Crippen LogP contribution in [0.25, 0.3) is 16.7 Å². The monoisotopic (exact) mass is 606 g/mol. The largest absolute Gasteiger partial charge is 0.480 e. The van der Waals surface area contributed by atoms with Crippen LogP contribution in [0.1, 0.15) is 29.3 Å². The molecular weight excluding hydrogens is 583 g/mol. The fourth-order valence-corrected chi connectivity index (χ4v) is 4.32. The summed E-state index contributed by atoms with van der Waals surface area (Å²) in [5.41, 5.74) is -2.61. The van der Waals surface area contributed by atoms with Crippen molar-refractivity contribution in [1.29, 1.82) is 0 Å². The van der Waals surface area contributed by atoms with E-state index < -0.39 is 77.1 Å². The molecule has 4 rings (SSSR count). The Labute approximate surface area is 238 Å². The summed E-state index contributed by atoms with van der Waals surface area (Å²) in [6, 6.07) is 1.25. The Hall–Kier alpha value is -5.15. The second kappa shape index (κ2) is 12.0. The molecule has 0 saturated heterocycles. The van der Waals surface area contributed by atoms with Crippen molar-refractivity contribution < 1.29 is 36.6 Å². The molecule has 4 aromatic rings. The number of alkyl halides is 3. The molecule has 3 heterocycles. The van der Waals surface area contributed by atoms with Crippen LogP contribution in [-0.2, 0) is 18.3 Å². The third kappa shape index (κ3) is 6.37. The Morgan fingerprint density at radius 2 is 1.74 bits per heavy atom. The normalized spacial score (nSPS) is 13.0. The van der Waals surface area contributed by atoms with E-state index in [4.69, 9.17) is 0 Å². The molecule has 1 aromatic carbocycles. The zero-order valence-electron chi connectivity index (χ0n) is 22.4. The van der Waals surface area contributed by atoms with Crippen molar-refractivity contribution in [3.05, 3.63) is 92.5 Å². The fraction of sp³-hybridized carbons (Fsp3) is 0.259. The number of hydrogen-bond acceptors (Lipinski definition) is 7. The third-order valence-electron chi connectivity index (χ3n) is 6.57. The molecule has 0 spiro atoms. The van der Waals surface area contributed by atoms with E-state index in [0.717, 1.165) is 10.8 Å². The van der Waals surface area contributed by atoms with Crippen LogP contribution in [-0.4, -0.2) is 54.3 Å². The van der Waals surface area contributed by atoms with Crippen molar-refractivity contribution in [1.82, 2.24) is 24.4 Å². The number of rotatable bonds is 9. The maximum absolute atomic E-state index is 14.6. The number of carbonyl (C=O) groups is 2. The highest BCUT2D eigenvalue weighted by molar-refractivity contribution is 5.97. The van der Waals surface area contributed by atoms with Gasteiger partial charge in [0, 0.05) is 31.5 Å². The number of carboxylic acid groups (broad SMARTS) is 1. The molecule has 3 N–H and O–H groups in total. The van der Waals surface area contributed by atoms with Crippen LogP contribution in [0.15, 0.2) is 58.5 Å². The number of halogens is 5. The standard InChI is InChI=1S/C27H23F5N6O5/c1-3-20(27(30,31)32)35-14-9-16(28)22(17(29)10-14)23(39)36-18(25(41)42)8-13-4-5-21(34-11-13)38-24(40)15-6-7-33-12-19(15)37(2)26(38)43/h4-7,9-12,18,20,35H,3,8H2,1-2H3,(H,36,39)(H,41,42). The molecule has 2 atom stereocenters. The van der Waals surface area contributed by atoms with Gasteiger partial charge in [-0.25, -0.2) is 27.9 Å². The van der Waals surface area contributed by atoms with Crippen molar-refractivity contribution in [2.75, 3.05) is 5.32 Å². The van der Waals surface area contributed by atoms with Gasteiger partial charge in [0.25, 0.3) is 11.5 Å². The molecule has 16 heteroatoms. The molecule has 1 amide bonds. The zero-order chi connectivity index (χ0) is 31.6. The van der Waals surface area contributed by atoms with E-state index >= 15 is 0 Å². The van der Waals surface area contributed by atoms with Crippen LogP contribution in [0.5, 0.6) is 0 Å². The molecule has 3 aromatic heterocycles. The first-order chi connectivity index (χ1) is 20.2. The lowest BCUT2D eigenvalue weighted by Gasteiger charge is -2.21. The van der Waals surface area contributed by atoms with Crippen LogP contribution < -0.4 is 21.9 Å². The van der Waals surface area contributed by atoms with Gasteiger partial charge in [0.1, 0.15) is 35.1 Å². The summed E-state index contributed by atoms with van der Waals surface area (Å²) < 4.78 is 70.4. The maximum Gasteiger partial charge on any atom is 0.408 e. The lowest BCUT2D eigenvalue weighted by atomic mass is 10.1. The molecule has 0 aliphatic rings. The molecule has 11 nitrogen and oxygen atoms in total. The molecule has 0 fully saturated rings. The summed E-state index contributed by atoms with van der Waals surface area (Å²) in [5, 5.41) is 13.8. The number of carboxylic acids is 1. The number of anilines is 1. The average molecular weight is 607 g/mol. The second-order valence-corrected chi connectivity index (χ2v) is 9.43. The van der Waals surface area contributed by atoms with E-state index in [1.165, 1.54) is 49.1 Å². The van der Waals surface area contributed by atoms with Gasteiger partial charge in [0.05, 0.1) is 17.1 Å². The van der Waals surface area contributed by atoms with Crippen molar-refractivity contribution >= 4 is 28.5 Å². The second-order valence-electron chi connectivity index (χ2n) is 9.43. The van der Waals surface area contributed by atoms with E-state index in [2.05, 4.69) is 9.97 Å². The highest BCUT2D eigenvalue weighted by atomic mass is 19.4. The number of carbonyl (C=O) groups excluding carboxylic acids is 1. The number of nitrogens with one attached hydrogen (secondary N) is 2. The van der Waals surface area contributed by atoms with Gasteiger partial charge < -0.3 is 15.7 Å². The van der Waals surface area contributed by atoms with Gasteiger partial charge >= 0.3 is 17.8 Å². The smallest absolute Gasteiger partial charge is 0.408 e. The number of benzene rings is 1.